The molecule has 0 fully saturated rings. The molecule has 84 valence electrons. The normalized spacial score (nSPS) is 9.12. The highest BCUT2D eigenvalue weighted by molar-refractivity contribution is 5.56. The molecule has 0 amide bonds. The van der Waals surface area contributed by atoms with E-state index in [2.05, 4.69) is 22.1 Å². The molecule has 0 aliphatic carbocycles. The molecule has 0 saturated carbocycles. The van der Waals surface area contributed by atoms with E-state index in [9.17, 15) is 10.1 Å². The summed E-state index contributed by atoms with van der Waals surface area (Å²) in [6.07, 6.45) is 2.24. The molecule has 0 atom stereocenters. The zero-order valence-corrected chi connectivity index (χ0v) is 9.28. The molecule has 0 spiro atoms. The molecule has 1 aromatic heterocycles. The van der Waals surface area contributed by atoms with E-state index in [1.807, 2.05) is 0 Å². The second-order valence-electron chi connectivity index (χ2n) is 3.24. The number of aromatic nitrogens is 1. The van der Waals surface area contributed by atoms with E-state index in [4.69, 9.17) is 0 Å². The number of anilines is 1. The summed E-state index contributed by atoms with van der Waals surface area (Å²) < 4.78 is 0. The number of nitrogens with zero attached hydrogens (tertiary/aromatic N) is 2. The molecule has 0 aromatic carbocycles. The number of pyridine rings is 1. The lowest BCUT2D eigenvalue weighted by molar-refractivity contribution is -0.384. The summed E-state index contributed by atoms with van der Waals surface area (Å²) in [4.78, 5) is 14.3. The Morgan fingerprint density at radius 2 is 2.38 bits per heavy atom. The fourth-order valence-electron chi connectivity index (χ4n) is 1.20. The van der Waals surface area contributed by atoms with Gasteiger partial charge in [0.05, 0.1) is 4.92 Å². The Morgan fingerprint density at radius 1 is 1.62 bits per heavy atom. The SMILES string of the molecule is CC#CCCNc1ncc(C)cc1[N+](=O)[O-]. The Hall–Kier alpha value is -2.09. The molecule has 1 N–H and O–H groups in total. The molecular formula is C11H13N3O2. The molecule has 1 aromatic rings. The largest absolute Gasteiger partial charge is 0.363 e. The summed E-state index contributed by atoms with van der Waals surface area (Å²) >= 11 is 0. The van der Waals surface area contributed by atoms with Crippen LogP contribution in [0.5, 0.6) is 0 Å². The van der Waals surface area contributed by atoms with Crippen molar-refractivity contribution >= 4 is 11.5 Å². The van der Waals surface area contributed by atoms with Gasteiger partial charge in [-0.1, -0.05) is 0 Å². The topological polar surface area (TPSA) is 68.1 Å². The zero-order chi connectivity index (χ0) is 12.0. The first kappa shape index (κ1) is 12.0. The highest BCUT2D eigenvalue weighted by atomic mass is 16.6. The van der Waals surface area contributed by atoms with Crippen LogP contribution in [0.3, 0.4) is 0 Å². The quantitative estimate of drug-likeness (QED) is 0.364. The average Bonchev–Trinajstić information content (AvgIpc) is 2.26. The van der Waals surface area contributed by atoms with Crippen molar-refractivity contribution in [2.75, 3.05) is 11.9 Å². The van der Waals surface area contributed by atoms with Gasteiger partial charge in [-0.15, -0.1) is 11.8 Å². The molecule has 0 saturated heterocycles. The minimum Gasteiger partial charge on any atom is -0.363 e. The van der Waals surface area contributed by atoms with Gasteiger partial charge in [0, 0.05) is 25.2 Å². The number of rotatable bonds is 4. The van der Waals surface area contributed by atoms with Gasteiger partial charge in [0.2, 0.25) is 5.82 Å². The summed E-state index contributed by atoms with van der Waals surface area (Å²) in [5, 5.41) is 13.7. The van der Waals surface area contributed by atoms with Crippen molar-refractivity contribution in [3.05, 3.63) is 27.9 Å². The molecular weight excluding hydrogens is 206 g/mol. The fourth-order valence-corrected chi connectivity index (χ4v) is 1.20. The van der Waals surface area contributed by atoms with E-state index in [1.165, 1.54) is 6.07 Å². The third-order valence-corrected chi connectivity index (χ3v) is 1.92. The van der Waals surface area contributed by atoms with Crippen LogP contribution in [0, 0.1) is 28.9 Å². The number of hydrogen-bond acceptors (Lipinski definition) is 4. The van der Waals surface area contributed by atoms with Crippen LogP contribution in [-0.2, 0) is 0 Å². The lowest BCUT2D eigenvalue weighted by Crippen LogP contribution is -2.05. The molecule has 0 bridgehead atoms. The molecule has 16 heavy (non-hydrogen) atoms. The van der Waals surface area contributed by atoms with Gasteiger partial charge in [0.15, 0.2) is 0 Å². The van der Waals surface area contributed by atoms with Crippen LogP contribution in [-0.4, -0.2) is 16.5 Å². The van der Waals surface area contributed by atoms with Crippen molar-refractivity contribution in [1.29, 1.82) is 0 Å². The highest BCUT2D eigenvalue weighted by Crippen LogP contribution is 2.21. The fraction of sp³-hybridized carbons (Fsp3) is 0.364. The monoisotopic (exact) mass is 219 g/mol. The van der Waals surface area contributed by atoms with Crippen LogP contribution < -0.4 is 5.32 Å². The molecule has 0 aliphatic heterocycles. The van der Waals surface area contributed by atoms with Crippen LogP contribution in [0.4, 0.5) is 11.5 Å². The molecule has 1 heterocycles. The van der Waals surface area contributed by atoms with Crippen molar-refractivity contribution in [3.63, 3.8) is 0 Å². The Labute approximate surface area is 94.0 Å². The first-order valence-corrected chi connectivity index (χ1v) is 4.89. The summed E-state index contributed by atoms with van der Waals surface area (Å²) in [6, 6.07) is 1.50. The van der Waals surface area contributed by atoms with Gasteiger partial charge in [-0.3, -0.25) is 10.1 Å². The van der Waals surface area contributed by atoms with Crippen molar-refractivity contribution in [2.24, 2.45) is 0 Å². The van der Waals surface area contributed by atoms with E-state index < -0.39 is 4.92 Å². The molecule has 0 unspecified atom stereocenters. The zero-order valence-electron chi connectivity index (χ0n) is 9.28. The van der Waals surface area contributed by atoms with Crippen molar-refractivity contribution in [1.82, 2.24) is 4.98 Å². The smallest absolute Gasteiger partial charge is 0.311 e. The Kier molecular flexibility index (Phi) is 4.28. The van der Waals surface area contributed by atoms with E-state index >= 15 is 0 Å². The van der Waals surface area contributed by atoms with Crippen LogP contribution in [0.15, 0.2) is 12.3 Å². The third kappa shape index (κ3) is 3.24. The van der Waals surface area contributed by atoms with Crippen LogP contribution in [0.25, 0.3) is 0 Å². The lowest BCUT2D eigenvalue weighted by atomic mass is 10.3. The van der Waals surface area contributed by atoms with Gasteiger partial charge in [0.25, 0.3) is 0 Å². The van der Waals surface area contributed by atoms with Crippen LogP contribution in [0.1, 0.15) is 18.9 Å². The standard InChI is InChI=1S/C11H13N3O2/c1-3-4-5-6-12-11-10(14(15)16)7-9(2)8-13-11/h7-8H,5-6H2,1-2H3,(H,12,13). The maximum atomic E-state index is 10.8. The number of aryl methyl sites for hydroxylation is 1. The first-order chi connectivity index (χ1) is 7.65. The van der Waals surface area contributed by atoms with Crippen molar-refractivity contribution in [2.45, 2.75) is 20.3 Å². The van der Waals surface area contributed by atoms with Gasteiger partial charge < -0.3 is 5.32 Å². The highest BCUT2D eigenvalue weighted by Gasteiger charge is 2.14. The maximum Gasteiger partial charge on any atom is 0.311 e. The van der Waals surface area contributed by atoms with Crippen LogP contribution >= 0.6 is 0 Å². The second-order valence-corrected chi connectivity index (χ2v) is 3.24. The third-order valence-electron chi connectivity index (χ3n) is 1.92. The minimum atomic E-state index is -0.437. The predicted molar refractivity (Wildman–Crippen MR) is 62.2 cm³/mol. The van der Waals surface area contributed by atoms with Gasteiger partial charge in [-0.25, -0.2) is 4.98 Å². The molecule has 0 radical (unpaired) electrons. The number of hydrogen-bond donors (Lipinski definition) is 1. The molecule has 0 aliphatic rings. The molecule has 1 rings (SSSR count). The molecule has 5 heteroatoms. The number of nitrogens with one attached hydrogen (secondary N) is 1. The van der Waals surface area contributed by atoms with E-state index in [1.54, 1.807) is 20.0 Å². The van der Waals surface area contributed by atoms with Crippen LogP contribution in [0.2, 0.25) is 0 Å². The molecule has 5 nitrogen and oxygen atoms in total. The van der Waals surface area contributed by atoms with Gasteiger partial charge in [0.1, 0.15) is 0 Å². The number of nitro groups is 1. The Balaban J connectivity index is 2.77. The van der Waals surface area contributed by atoms with Crippen molar-refractivity contribution in [3.8, 4) is 11.8 Å². The summed E-state index contributed by atoms with van der Waals surface area (Å²) in [5.41, 5.74) is 0.773. The summed E-state index contributed by atoms with van der Waals surface area (Å²) in [6.45, 7) is 4.08. The Morgan fingerprint density at radius 3 is 3.00 bits per heavy atom. The minimum absolute atomic E-state index is 0.00413. The van der Waals surface area contributed by atoms with E-state index in [0.29, 0.717) is 18.8 Å². The van der Waals surface area contributed by atoms with Gasteiger partial charge >= 0.3 is 5.69 Å². The second kappa shape index (κ2) is 5.71. The van der Waals surface area contributed by atoms with Gasteiger partial charge in [-0.2, -0.15) is 0 Å². The van der Waals surface area contributed by atoms with E-state index in [0.717, 1.165) is 5.56 Å². The Bertz CT molecular complexity index is 446. The predicted octanol–water partition coefficient (Wildman–Crippen LogP) is 2.12. The maximum absolute atomic E-state index is 10.8. The summed E-state index contributed by atoms with van der Waals surface area (Å²) in [7, 11) is 0. The summed E-state index contributed by atoms with van der Waals surface area (Å²) in [5.74, 6) is 5.92. The first-order valence-electron chi connectivity index (χ1n) is 4.89. The van der Waals surface area contributed by atoms with E-state index in [-0.39, 0.29) is 5.69 Å². The van der Waals surface area contributed by atoms with Gasteiger partial charge in [-0.05, 0) is 19.4 Å². The lowest BCUT2D eigenvalue weighted by Gasteiger charge is -2.04. The average molecular weight is 219 g/mol. The van der Waals surface area contributed by atoms with Crippen molar-refractivity contribution < 1.29 is 4.92 Å².